The highest BCUT2D eigenvalue weighted by molar-refractivity contribution is 5.77. The van der Waals surface area contributed by atoms with Crippen LogP contribution in [0, 0.1) is 6.92 Å². The van der Waals surface area contributed by atoms with Gasteiger partial charge in [0.15, 0.2) is 6.61 Å². The molecule has 168 valence electrons. The van der Waals surface area contributed by atoms with E-state index in [1.807, 2.05) is 31.1 Å². The Bertz CT molecular complexity index is 1140. The second-order valence-corrected chi connectivity index (χ2v) is 7.92. The van der Waals surface area contributed by atoms with E-state index in [2.05, 4.69) is 9.97 Å². The topological polar surface area (TPSA) is 98.8 Å². The molecule has 3 aromatic rings. The summed E-state index contributed by atoms with van der Waals surface area (Å²) in [6, 6.07) is 14.0. The molecule has 0 aliphatic rings. The Labute approximate surface area is 187 Å². The number of benzene rings is 2. The third kappa shape index (κ3) is 5.95. The zero-order valence-corrected chi connectivity index (χ0v) is 18.8. The maximum Gasteiger partial charge on any atom is 0.345 e. The average molecular weight is 437 g/mol. The summed E-state index contributed by atoms with van der Waals surface area (Å²) in [6.45, 7) is 3.16. The number of nitrogens with one attached hydrogen (secondary N) is 1. The summed E-state index contributed by atoms with van der Waals surface area (Å²) in [5, 5.41) is 9.73. The van der Waals surface area contributed by atoms with E-state index in [1.165, 1.54) is 0 Å². The molecule has 1 aromatic heterocycles. The van der Waals surface area contributed by atoms with Crippen molar-refractivity contribution in [2.24, 2.45) is 0 Å². The van der Waals surface area contributed by atoms with E-state index in [0.29, 0.717) is 29.2 Å². The van der Waals surface area contributed by atoms with Crippen molar-refractivity contribution in [3.8, 4) is 34.0 Å². The van der Waals surface area contributed by atoms with Crippen LogP contribution in [0.15, 0.2) is 53.3 Å². The minimum Gasteiger partial charge on any atom is -0.508 e. The quantitative estimate of drug-likeness (QED) is 0.563. The molecule has 3 rings (SSSR count). The number of phenols is 1. The molecule has 2 aromatic carbocycles. The van der Waals surface area contributed by atoms with Crippen molar-refractivity contribution in [2.75, 3.05) is 40.8 Å². The first-order valence-electron chi connectivity index (χ1n) is 10.3. The number of ether oxygens (including phenoxy) is 1. The maximum absolute atomic E-state index is 12.2. The van der Waals surface area contributed by atoms with Gasteiger partial charge in [-0.3, -0.25) is 4.79 Å². The minimum absolute atomic E-state index is 0.0419. The zero-order valence-electron chi connectivity index (χ0n) is 18.8. The number of likely N-dealkylation sites (N-methyl/N-ethyl adjacent to an activating group) is 2. The fourth-order valence-electron chi connectivity index (χ4n) is 3.04. The lowest BCUT2D eigenvalue weighted by molar-refractivity contribution is -0.132. The Morgan fingerprint density at radius 1 is 1.03 bits per heavy atom. The lowest BCUT2D eigenvalue weighted by atomic mass is 10.1. The normalized spacial score (nSPS) is 10.9. The summed E-state index contributed by atoms with van der Waals surface area (Å²) in [4.78, 5) is 34.8. The van der Waals surface area contributed by atoms with Gasteiger partial charge in [0.05, 0.1) is 11.4 Å². The number of hydrogen-bond donors (Lipinski definition) is 2. The van der Waals surface area contributed by atoms with Crippen LogP contribution in [-0.4, -0.2) is 71.6 Å². The van der Waals surface area contributed by atoms with Crippen LogP contribution < -0.4 is 10.4 Å². The van der Waals surface area contributed by atoms with E-state index in [0.717, 1.165) is 17.7 Å². The Morgan fingerprint density at radius 3 is 2.38 bits per heavy atom. The lowest BCUT2D eigenvalue weighted by Crippen LogP contribution is -2.36. The molecule has 0 atom stereocenters. The van der Waals surface area contributed by atoms with Crippen molar-refractivity contribution in [2.45, 2.75) is 6.92 Å². The number of phenolic OH excluding ortho intramolecular Hbond substituents is 1. The van der Waals surface area contributed by atoms with Gasteiger partial charge < -0.3 is 24.6 Å². The van der Waals surface area contributed by atoms with Crippen molar-refractivity contribution >= 4 is 5.91 Å². The molecule has 0 fully saturated rings. The average Bonchev–Trinajstić information content (AvgIpc) is 2.77. The van der Waals surface area contributed by atoms with Crippen molar-refractivity contribution in [3.63, 3.8) is 0 Å². The van der Waals surface area contributed by atoms with Gasteiger partial charge in [0.2, 0.25) is 0 Å². The summed E-state index contributed by atoms with van der Waals surface area (Å²) < 4.78 is 5.61. The van der Waals surface area contributed by atoms with E-state index < -0.39 is 5.69 Å². The first-order valence-corrected chi connectivity index (χ1v) is 10.3. The Kier molecular flexibility index (Phi) is 7.27. The number of nitrogens with zero attached hydrogens (tertiary/aromatic N) is 3. The van der Waals surface area contributed by atoms with Crippen LogP contribution in [0.1, 0.15) is 5.56 Å². The molecule has 32 heavy (non-hydrogen) atoms. The van der Waals surface area contributed by atoms with E-state index in [-0.39, 0.29) is 18.3 Å². The molecule has 0 unspecified atom stereocenters. The van der Waals surface area contributed by atoms with E-state index in [1.54, 1.807) is 55.3 Å². The highest BCUT2D eigenvalue weighted by Crippen LogP contribution is 2.26. The van der Waals surface area contributed by atoms with E-state index in [4.69, 9.17) is 4.74 Å². The first kappa shape index (κ1) is 23.0. The third-order valence-electron chi connectivity index (χ3n) is 5.07. The van der Waals surface area contributed by atoms with Crippen LogP contribution >= 0.6 is 0 Å². The number of amides is 1. The van der Waals surface area contributed by atoms with Crippen molar-refractivity contribution in [1.82, 2.24) is 19.8 Å². The van der Waals surface area contributed by atoms with Crippen LogP contribution in [0.5, 0.6) is 11.5 Å². The van der Waals surface area contributed by atoms with Gasteiger partial charge in [0, 0.05) is 25.7 Å². The van der Waals surface area contributed by atoms with Crippen LogP contribution in [-0.2, 0) is 4.79 Å². The number of aromatic hydroxyl groups is 1. The molecular formula is C24H28N4O4. The molecule has 2 N–H and O–H groups in total. The molecular weight excluding hydrogens is 408 g/mol. The highest BCUT2D eigenvalue weighted by atomic mass is 16.5. The fraction of sp³-hybridized carbons (Fsp3) is 0.292. The maximum atomic E-state index is 12.2. The van der Waals surface area contributed by atoms with Gasteiger partial charge in [0.25, 0.3) is 5.91 Å². The molecule has 1 heterocycles. The molecule has 1 amide bonds. The zero-order chi connectivity index (χ0) is 23.3. The highest BCUT2D eigenvalue weighted by Gasteiger charge is 2.11. The molecule has 0 saturated heterocycles. The van der Waals surface area contributed by atoms with Crippen molar-refractivity contribution in [3.05, 3.63) is 64.6 Å². The Morgan fingerprint density at radius 2 is 1.72 bits per heavy atom. The molecule has 0 aliphatic carbocycles. The fourth-order valence-corrected chi connectivity index (χ4v) is 3.04. The van der Waals surface area contributed by atoms with Crippen LogP contribution in [0.3, 0.4) is 0 Å². The summed E-state index contributed by atoms with van der Waals surface area (Å²) in [6.07, 6.45) is 0. The summed E-state index contributed by atoms with van der Waals surface area (Å²) in [5.41, 5.74) is 2.88. The number of carbonyl (C=O) groups excluding carboxylic acids is 1. The number of aromatic amines is 1. The van der Waals surface area contributed by atoms with Crippen LogP contribution in [0.4, 0.5) is 0 Å². The van der Waals surface area contributed by atoms with Gasteiger partial charge in [-0.25, -0.2) is 4.79 Å². The van der Waals surface area contributed by atoms with E-state index >= 15 is 0 Å². The Balaban J connectivity index is 1.71. The van der Waals surface area contributed by atoms with Crippen LogP contribution in [0.25, 0.3) is 22.5 Å². The third-order valence-corrected chi connectivity index (χ3v) is 5.07. The summed E-state index contributed by atoms with van der Waals surface area (Å²) >= 11 is 0. The predicted molar refractivity (Wildman–Crippen MR) is 124 cm³/mol. The number of carbonyl (C=O) groups is 1. The van der Waals surface area contributed by atoms with Gasteiger partial charge >= 0.3 is 5.69 Å². The van der Waals surface area contributed by atoms with Gasteiger partial charge in [-0.2, -0.15) is 4.98 Å². The largest absolute Gasteiger partial charge is 0.508 e. The number of aryl methyl sites for hydroxylation is 1. The summed E-state index contributed by atoms with van der Waals surface area (Å²) in [7, 11) is 5.67. The number of hydrogen-bond acceptors (Lipinski definition) is 6. The number of H-pyrrole nitrogens is 1. The minimum atomic E-state index is -0.463. The second-order valence-electron chi connectivity index (χ2n) is 7.92. The van der Waals surface area contributed by atoms with Gasteiger partial charge in [0.1, 0.15) is 11.5 Å². The Hall–Kier alpha value is -3.65. The lowest BCUT2D eigenvalue weighted by Gasteiger charge is -2.19. The predicted octanol–water partition coefficient (Wildman–Crippen LogP) is 2.52. The monoisotopic (exact) mass is 436 g/mol. The second kappa shape index (κ2) is 10.1. The molecule has 0 radical (unpaired) electrons. The van der Waals surface area contributed by atoms with Gasteiger partial charge in [-0.1, -0.05) is 0 Å². The SMILES string of the molecule is Cc1cc(-c2cc(-c3ccc(OCC(=O)N(C)CCN(C)C)cc3)[nH]c(=O)n2)ccc1O. The molecule has 0 bridgehead atoms. The first-order chi connectivity index (χ1) is 15.2. The molecule has 0 aliphatic heterocycles. The molecule has 0 spiro atoms. The molecule has 0 saturated carbocycles. The molecule has 8 heteroatoms. The standard InChI is InChI=1S/C24H28N4O4/c1-16-13-18(7-10-22(16)29)21-14-20(25-24(31)26-21)17-5-8-19(9-6-17)32-15-23(30)28(4)12-11-27(2)3/h5-10,13-14,29H,11-12,15H2,1-4H3,(H,25,26,31). The summed E-state index contributed by atoms with van der Waals surface area (Å²) in [5.74, 6) is 0.661. The van der Waals surface area contributed by atoms with Gasteiger partial charge in [-0.15, -0.1) is 0 Å². The van der Waals surface area contributed by atoms with Crippen molar-refractivity contribution in [1.29, 1.82) is 0 Å². The number of aromatic nitrogens is 2. The van der Waals surface area contributed by atoms with Crippen LogP contribution in [0.2, 0.25) is 0 Å². The number of rotatable bonds is 8. The van der Waals surface area contributed by atoms with Crippen molar-refractivity contribution < 1.29 is 14.6 Å². The van der Waals surface area contributed by atoms with E-state index in [9.17, 15) is 14.7 Å². The smallest absolute Gasteiger partial charge is 0.345 e. The molecule has 8 nitrogen and oxygen atoms in total. The van der Waals surface area contributed by atoms with Gasteiger partial charge in [-0.05, 0) is 80.7 Å².